The monoisotopic (exact) mass is 511 g/mol. The number of aromatic amines is 1. The number of fused-ring (bicyclic) bond motifs is 1. The minimum absolute atomic E-state index is 0.322. The van der Waals surface area contributed by atoms with E-state index in [2.05, 4.69) is 25.5 Å². The molecule has 0 saturated carbocycles. The molecule has 0 aliphatic carbocycles. The average molecular weight is 512 g/mol. The molecule has 3 aromatic heterocycles. The lowest BCUT2D eigenvalue weighted by atomic mass is 9.97. The number of hydrogen-bond donors (Lipinski definition) is 3. The summed E-state index contributed by atoms with van der Waals surface area (Å²) >= 11 is 12.4. The van der Waals surface area contributed by atoms with Gasteiger partial charge in [0.2, 0.25) is 0 Å². The SMILES string of the molecule is N[C@@H](Oc1ccc2[nH]nc(-c3ccc(N4CC5(CNC5)OC4=O)nc3)c2c1)c1c(Cl)cncc1Cl. The molecule has 178 valence electrons. The summed E-state index contributed by atoms with van der Waals surface area (Å²) in [6, 6.07) is 9.10. The van der Waals surface area contributed by atoms with Gasteiger partial charge in [-0.3, -0.25) is 20.7 Å². The minimum Gasteiger partial charge on any atom is -0.471 e. The Bertz CT molecular complexity index is 1420. The number of ether oxygens (including phenoxy) is 2. The lowest BCUT2D eigenvalue weighted by Crippen LogP contribution is -2.61. The van der Waals surface area contributed by atoms with E-state index in [0.717, 1.165) is 16.5 Å². The number of amides is 1. The van der Waals surface area contributed by atoms with E-state index < -0.39 is 11.8 Å². The summed E-state index contributed by atoms with van der Waals surface area (Å²) in [6.07, 6.45) is 3.33. The summed E-state index contributed by atoms with van der Waals surface area (Å²) in [5, 5.41) is 12.1. The third-order valence-electron chi connectivity index (χ3n) is 6.13. The van der Waals surface area contributed by atoms with Crippen LogP contribution in [0.25, 0.3) is 22.2 Å². The summed E-state index contributed by atoms with van der Waals surface area (Å²) in [5.41, 5.74) is 8.49. The number of nitrogens with two attached hydrogens (primary N) is 1. The van der Waals surface area contributed by atoms with E-state index >= 15 is 0 Å². The fraction of sp³-hybridized carbons (Fsp3) is 0.217. The first-order valence-corrected chi connectivity index (χ1v) is 11.5. The molecule has 2 aliphatic rings. The second-order valence-electron chi connectivity index (χ2n) is 8.48. The molecule has 0 unspecified atom stereocenters. The summed E-state index contributed by atoms with van der Waals surface area (Å²) < 4.78 is 11.5. The number of nitrogens with one attached hydrogen (secondary N) is 2. The fourth-order valence-corrected chi connectivity index (χ4v) is 4.84. The minimum atomic E-state index is -0.888. The molecule has 1 amide bonds. The van der Waals surface area contributed by atoms with Crippen molar-refractivity contribution in [2.24, 2.45) is 5.73 Å². The van der Waals surface area contributed by atoms with Crippen LogP contribution in [0.3, 0.4) is 0 Å². The number of H-pyrrole nitrogens is 1. The number of pyridine rings is 2. The van der Waals surface area contributed by atoms with Crippen LogP contribution in [-0.2, 0) is 4.74 Å². The van der Waals surface area contributed by atoms with E-state index in [9.17, 15) is 4.79 Å². The molecule has 35 heavy (non-hydrogen) atoms. The van der Waals surface area contributed by atoms with Crippen molar-refractivity contribution in [2.45, 2.75) is 11.8 Å². The van der Waals surface area contributed by atoms with Crippen molar-refractivity contribution >= 4 is 46.0 Å². The van der Waals surface area contributed by atoms with Crippen LogP contribution in [0.1, 0.15) is 11.8 Å². The molecule has 4 aromatic rings. The number of hydrogen-bond acceptors (Lipinski definition) is 8. The predicted octanol–water partition coefficient (Wildman–Crippen LogP) is 3.66. The van der Waals surface area contributed by atoms with Gasteiger partial charge in [-0.1, -0.05) is 23.2 Å². The van der Waals surface area contributed by atoms with Gasteiger partial charge in [0.05, 0.1) is 22.1 Å². The van der Waals surface area contributed by atoms with Crippen molar-refractivity contribution in [1.29, 1.82) is 0 Å². The van der Waals surface area contributed by atoms with Crippen molar-refractivity contribution in [3.63, 3.8) is 0 Å². The first-order chi connectivity index (χ1) is 16.9. The third kappa shape index (κ3) is 3.84. The van der Waals surface area contributed by atoms with Gasteiger partial charge in [0, 0.05) is 48.2 Å². The summed E-state index contributed by atoms with van der Waals surface area (Å²) in [5.74, 6) is 1.05. The Kier molecular flexibility index (Phi) is 5.26. The maximum atomic E-state index is 12.3. The Morgan fingerprint density at radius 1 is 1.14 bits per heavy atom. The Morgan fingerprint density at radius 3 is 2.60 bits per heavy atom. The number of rotatable bonds is 5. The molecule has 1 atom stereocenters. The maximum Gasteiger partial charge on any atom is 0.416 e. The van der Waals surface area contributed by atoms with Crippen molar-refractivity contribution < 1.29 is 14.3 Å². The van der Waals surface area contributed by atoms with Gasteiger partial charge in [0.1, 0.15) is 17.3 Å². The standard InChI is InChI=1S/C23H19Cl2N7O3/c24-15-7-27-8-16(25)19(15)21(26)34-13-2-3-17-14(5-13)20(31-30-17)12-1-4-18(29-6-12)32-11-23(9-28-10-23)35-22(32)33/h1-8,21,28H,9-11,26H2,(H,30,31)/t21-/m0/s1. The first kappa shape index (κ1) is 22.1. The van der Waals surface area contributed by atoms with Gasteiger partial charge in [-0.15, -0.1) is 0 Å². The molecule has 5 heterocycles. The van der Waals surface area contributed by atoms with Gasteiger partial charge in [-0.05, 0) is 30.3 Å². The van der Waals surface area contributed by atoms with Crippen LogP contribution in [0.4, 0.5) is 10.6 Å². The number of carbonyl (C=O) groups excluding carboxylic acids is 1. The Balaban J connectivity index is 1.26. The van der Waals surface area contributed by atoms with E-state index in [-0.39, 0.29) is 6.09 Å². The Labute approximate surface area is 209 Å². The van der Waals surface area contributed by atoms with Crippen LogP contribution in [0, 0.1) is 0 Å². The second-order valence-corrected chi connectivity index (χ2v) is 9.30. The first-order valence-electron chi connectivity index (χ1n) is 10.8. The lowest BCUT2D eigenvalue weighted by Gasteiger charge is -2.36. The Hall–Kier alpha value is -3.44. The van der Waals surface area contributed by atoms with Crippen molar-refractivity contribution in [1.82, 2.24) is 25.5 Å². The smallest absolute Gasteiger partial charge is 0.416 e. The van der Waals surface area contributed by atoms with Crippen LogP contribution in [0.5, 0.6) is 5.75 Å². The van der Waals surface area contributed by atoms with Crippen LogP contribution in [0.15, 0.2) is 48.9 Å². The molecule has 2 fully saturated rings. The number of benzene rings is 1. The summed E-state index contributed by atoms with van der Waals surface area (Å²) in [4.78, 5) is 22.3. The van der Waals surface area contributed by atoms with E-state index in [1.807, 2.05) is 18.2 Å². The van der Waals surface area contributed by atoms with Crippen LogP contribution in [0.2, 0.25) is 10.0 Å². The number of carbonyl (C=O) groups is 1. The molecular weight excluding hydrogens is 493 g/mol. The van der Waals surface area contributed by atoms with Crippen molar-refractivity contribution in [3.8, 4) is 17.0 Å². The van der Waals surface area contributed by atoms with Crippen LogP contribution < -0.4 is 20.7 Å². The highest BCUT2D eigenvalue weighted by molar-refractivity contribution is 6.35. The summed E-state index contributed by atoms with van der Waals surface area (Å²) in [7, 11) is 0. The van der Waals surface area contributed by atoms with Crippen LogP contribution in [-0.4, -0.2) is 51.5 Å². The number of anilines is 1. The zero-order valence-electron chi connectivity index (χ0n) is 18.2. The largest absolute Gasteiger partial charge is 0.471 e. The topological polar surface area (TPSA) is 131 Å². The van der Waals surface area contributed by atoms with Gasteiger partial charge in [0.25, 0.3) is 0 Å². The summed E-state index contributed by atoms with van der Waals surface area (Å²) in [6.45, 7) is 1.78. The quantitative estimate of drug-likeness (QED) is 0.346. The van der Waals surface area contributed by atoms with Gasteiger partial charge >= 0.3 is 6.09 Å². The van der Waals surface area contributed by atoms with Gasteiger partial charge in [-0.2, -0.15) is 5.10 Å². The molecule has 6 rings (SSSR count). The fourth-order valence-electron chi connectivity index (χ4n) is 4.26. The highest BCUT2D eigenvalue weighted by Crippen LogP contribution is 2.34. The molecule has 0 bridgehead atoms. The second kappa shape index (κ2) is 8.35. The van der Waals surface area contributed by atoms with E-state index in [1.54, 1.807) is 23.2 Å². The van der Waals surface area contributed by atoms with E-state index in [4.69, 9.17) is 38.4 Å². The molecule has 10 nitrogen and oxygen atoms in total. The number of halogens is 2. The van der Waals surface area contributed by atoms with Crippen molar-refractivity contribution in [3.05, 3.63) is 64.5 Å². The van der Waals surface area contributed by atoms with Gasteiger partial charge in [0.15, 0.2) is 11.8 Å². The molecule has 2 aliphatic heterocycles. The molecule has 1 spiro atoms. The van der Waals surface area contributed by atoms with E-state index in [1.165, 1.54) is 12.4 Å². The molecule has 0 radical (unpaired) electrons. The lowest BCUT2D eigenvalue weighted by molar-refractivity contribution is 0.0142. The Morgan fingerprint density at radius 2 is 1.94 bits per heavy atom. The van der Waals surface area contributed by atoms with Gasteiger partial charge < -0.3 is 14.8 Å². The maximum absolute atomic E-state index is 12.3. The van der Waals surface area contributed by atoms with Gasteiger partial charge in [-0.25, -0.2) is 9.78 Å². The molecular formula is C23H19Cl2N7O3. The third-order valence-corrected chi connectivity index (χ3v) is 6.74. The molecule has 2 saturated heterocycles. The number of nitrogens with zero attached hydrogens (tertiary/aromatic N) is 4. The molecule has 1 aromatic carbocycles. The average Bonchev–Trinajstić information content (AvgIpc) is 3.40. The molecule has 12 heteroatoms. The number of aromatic nitrogens is 4. The van der Waals surface area contributed by atoms with E-state index in [0.29, 0.717) is 52.5 Å². The highest BCUT2D eigenvalue weighted by atomic mass is 35.5. The highest BCUT2D eigenvalue weighted by Gasteiger charge is 2.50. The normalized spacial score (nSPS) is 17.5. The van der Waals surface area contributed by atoms with Crippen LogP contribution >= 0.6 is 23.2 Å². The predicted molar refractivity (Wildman–Crippen MR) is 131 cm³/mol. The zero-order chi connectivity index (χ0) is 24.2. The van der Waals surface area contributed by atoms with Crippen molar-refractivity contribution in [2.75, 3.05) is 24.5 Å². The zero-order valence-corrected chi connectivity index (χ0v) is 19.7. The molecule has 4 N–H and O–H groups in total.